The maximum Gasteiger partial charge on any atom is 0.330 e. The number of aromatic nitrogens is 2. The topological polar surface area (TPSA) is 137 Å². The number of nitrogens with one attached hydrogen (secondary N) is 1. The van der Waals surface area contributed by atoms with E-state index in [-0.39, 0.29) is 18.1 Å². The van der Waals surface area contributed by atoms with E-state index < -0.39 is 49.8 Å². The zero-order valence-corrected chi connectivity index (χ0v) is 17.4. The SMILES string of the molecule is CC(C)(C)[Si](C)(C)OC[C@H]1O[C@@H](n2ccc(=O)[nH]c2=O)[C@H](CC(N)=O)[C@@H]1O. The van der Waals surface area contributed by atoms with E-state index in [9.17, 15) is 19.5 Å². The second kappa shape index (κ2) is 7.70. The van der Waals surface area contributed by atoms with Crippen LogP contribution in [0, 0.1) is 5.92 Å². The molecule has 0 spiro atoms. The number of hydrogen-bond donors (Lipinski definition) is 3. The van der Waals surface area contributed by atoms with Crippen LogP contribution < -0.4 is 17.0 Å². The lowest BCUT2D eigenvalue weighted by Gasteiger charge is -2.37. The number of nitrogens with zero attached hydrogens (tertiary/aromatic N) is 1. The number of carbonyl (C=O) groups excluding carboxylic acids is 1. The first-order valence-electron chi connectivity index (χ1n) is 8.91. The Balaban J connectivity index is 2.26. The Bertz CT molecular complexity index is 797. The van der Waals surface area contributed by atoms with Crippen molar-refractivity contribution in [1.29, 1.82) is 0 Å². The number of ether oxygens (including phenoxy) is 1. The summed E-state index contributed by atoms with van der Waals surface area (Å²) in [5, 5.41) is 10.7. The van der Waals surface area contributed by atoms with Crippen molar-refractivity contribution < 1.29 is 19.1 Å². The van der Waals surface area contributed by atoms with Gasteiger partial charge in [0, 0.05) is 24.6 Å². The van der Waals surface area contributed by atoms with Gasteiger partial charge in [-0.2, -0.15) is 0 Å². The quantitative estimate of drug-likeness (QED) is 0.589. The molecule has 1 fully saturated rings. The lowest BCUT2D eigenvalue weighted by Crippen LogP contribution is -2.44. The van der Waals surface area contributed by atoms with Gasteiger partial charge in [-0.25, -0.2) is 4.79 Å². The van der Waals surface area contributed by atoms with Gasteiger partial charge in [0.05, 0.1) is 12.7 Å². The van der Waals surface area contributed by atoms with E-state index in [0.29, 0.717) is 0 Å². The van der Waals surface area contributed by atoms with Crippen molar-refractivity contribution in [1.82, 2.24) is 9.55 Å². The number of aliphatic hydroxyl groups is 1. The van der Waals surface area contributed by atoms with Crippen molar-refractivity contribution in [2.75, 3.05) is 6.61 Å². The molecule has 4 N–H and O–H groups in total. The third-order valence-corrected chi connectivity index (χ3v) is 9.98. The minimum absolute atomic E-state index is 0.0154. The van der Waals surface area contributed by atoms with Crippen LogP contribution in [-0.2, 0) is 14.0 Å². The van der Waals surface area contributed by atoms with E-state index in [1.807, 2.05) is 0 Å². The minimum atomic E-state index is -2.07. The molecule has 0 aliphatic carbocycles. The molecule has 27 heavy (non-hydrogen) atoms. The third kappa shape index (κ3) is 4.75. The number of nitrogens with two attached hydrogens (primary N) is 1. The fourth-order valence-corrected chi connectivity index (χ4v) is 3.82. The Hall–Kier alpha value is -1.75. The molecule has 1 aliphatic heterocycles. The van der Waals surface area contributed by atoms with Crippen LogP contribution in [-0.4, -0.2) is 47.7 Å². The summed E-state index contributed by atoms with van der Waals surface area (Å²) in [5.41, 5.74) is 4.08. The van der Waals surface area contributed by atoms with Gasteiger partial charge in [-0.05, 0) is 18.1 Å². The largest absolute Gasteiger partial charge is 0.414 e. The number of primary amides is 1. The van der Waals surface area contributed by atoms with Crippen LogP contribution in [0.2, 0.25) is 18.1 Å². The summed E-state index contributed by atoms with van der Waals surface area (Å²) in [6.45, 7) is 10.6. The summed E-state index contributed by atoms with van der Waals surface area (Å²) in [6, 6.07) is 1.18. The third-order valence-electron chi connectivity index (χ3n) is 5.48. The summed E-state index contributed by atoms with van der Waals surface area (Å²) in [6.07, 6.45) is -1.55. The van der Waals surface area contributed by atoms with Crippen LogP contribution in [0.3, 0.4) is 0 Å². The van der Waals surface area contributed by atoms with Crippen molar-refractivity contribution >= 4 is 14.2 Å². The summed E-state index contributed by atoms with van der Waals surface area (Å²) in [4.78, 5) is 37.0. The number of carbonyl (C=O) groups is 1. The van der Waals surface area contributed by atoms with Crippen LogP contribution in [0.25, 0.3) is 0 Å². The second-order valence-corrected chi connectivity index (χ2v) is 13.3. The zero-order valence-electron chi connectivity index (χ0n) is 16.4. The molecule has 9 nitrogen and oxygen atoms in total. The molecular weight excluding hydrogens is 370 g/mol. The fraction of sp³-hybridized carbons (Fsp3) is 0.706. The first-order chi connectivity index (χ1) is 12.3. The molecule has 152 valence electrons. The predicted octanol–water partition coefficient (Wildman–Crippen LogP) is 0.308. The van der Waals surface area contributed by atoms with Gasteiger partial charge in [0.1, 0.15) is 12.3 Å². The van der Waals surface area contributed by atoms with E-state index in [1.165, 1.54) is 12.3 Å². The molecule has 10 heteroatoms. The summed E-state index contributed by atoms with van der Waals surface area (Å²) in [7, 11) is -2.07. The highest BCUT2D eigenvalue weighted by atomic mass is 28.4. The molecule has 0 unspecified atom stereocenters. The molecule has 1 aromatic heterocycles. The van der Waals surface area contributed by atoms with Crippen molar-refractivity contribution in [2.24, 2.45) is 11.7 Å². The molecule has 1 saturated heterocycles. The van der Waals surface area contributed by atoms with Gasteiger partial charge >= 0.3 is 5.69 Å². The Labute approximate surface area is 158 Å². The monoisotopic (exact) mass is 399 g/mol. The summed E-state index contributed by atoms with van der Waals surface area (Å²) >= 11 is 0. The normalized spacial score (nSPS) is 26.3. The molecule has 4 atom stereocenters. The van der Waals surface area contributed by atoms with Gasteiger partial charge in [0.15, 0.2) is 8.32 Å². The fourth-order valence-electron chi connectivity index (χ4n) is 2.80. The first kappa shape index (κ1) is 21.5. The maximum atomic E-state index is 12.1. The minimum Gasteiger partial charge on any atom is -0.414 e. The highest BCUT2D eigenvalue weighted by molar-refractivity contribution is 6.74. The Morgan fingerprint density at radius 3 is 2.56 bits per heavy atom. The summed E-state index contributed by atoms with van der Waals surface area (Å²) in [5.74, 6) is -1.34. The Kier molecular flexibility index (Phi) is 6.15. The maximum absolute atomic E-state index is 12.1. The van der Waals surface area contributed by atoms with Gasteiger partial charge < -0.3 is 20.0 Å². The molecule has 0 radical (unpaired) electrons. The Morgan fingerprint density at radius 2 is 2.04 bits per heavy atom. The van der Waals surface area contributed by atoms with E-state index in [4.69, 9.17) is 14.9 Å². The lowest BCUT2D eigenvalue weighted by molar-refractivity contribution is -0.120. The van der Waals surface area contributed by atoms with Crippen LogP contribution in [0.1, 0.15) is 33.4 Å². The number of aromatic amines is 1. The van der Waals surface area contributed by atoms with Crippen LogP contribution in [0.5, 0.6) is 0 Å². The standard InChI is InChI=1S/C17H29N3O6Si/c1-17(2,3)27(4,5)25-9-11-14(23)10(8-12(18)21)15(26-11)20-7-6-13(22)19-16(20)24/h6-7,10-11,14-15,23H,8-9H2,1-5H3,(H2,18,21)(H,19,22,24)/t10-,11-,14+,15-/m1/s1. The molecular formula is C17H29N3O6Si. The molecule has 0 aromatic carbocycles. The molecule has 2 heterocycles. The van der Waals surface area contributed by atoms with Gasteiger partial charge in [-0.3, -0.25) is 19.1 Å². The molecule has 1 aliphatic rings. The van der Waals surface area contributed by atoms with Crippen molar-refractivity contribution in [3.05, 3.63) is 33.1 Å². The van der Waals surface area contributed by atoms with Crippen LogP contribution >= 0.6 is 0 Å². The smallest absolute Gasteiger partial charge is 0.330 e. The molecule has 1 amide bonds. The average Bonchev–Trinajstić information content (AvgIpc) is 2.80. The van der Waals surface area contributed by atoms with Crippen LogP contribution in [0.15, 0.2) is 21.9 Å². The van der Waals surface area contributed by atoms with Crippen molar-refractivity contribution in [3.63, 3.8) is 0 Å². The van der Waals surface area contributed by atoms with Gasteiger partial charge in [0.25, 0.3) is 5.56 Å². The molecule has 0 saturated carbocycles. The average molecular weight is 400 g/mol. The van der Waals surface area contributed by atoms with Gasteiger partial charge in [0.2, 0.25) is 5.91 Å². The number of hydrogen-bond acceptors (Lipinski definition) is 6. The van der Waals surface area contributed by atoms with E-state index in [2.05, 4.69) is 38.8 Å². The highest BCUT2D eigenvalue weighted by Gasteiger charge is 2.47. The van der Waals surface area contributed by atoms with Crippen molar-refractivity contribution in [3.8, 4) is 0 Å². The lowest BCUT2D eigenvalue weighted by atomic mass is 9.96. The number of amides is 1. The molecule has 1 aromatic rings. The second-order valence-electron chi connectivity index (χ2n) is 8.48. The Morgan fingerprint density at radius 1 is 1.41 bits per heavy atom. The molecule has 2 rings (SSSR count). The number of rotatable bonds is 6. The van der Waals surface area contributed by atoms with Gasteiger partial charge in [-0.1, -0.05) is 20.8 Å². The van der Waals surface area contributed by atoms with E-state index in [0.717, 1.165) is 4.57 Å². The molecule has 0 bridgehead atoms. The highest BCUT2D eigenvalue weighted by Crippen LogP contribution is 2.39. The number of H-pyrrole nitrogens is 1. The van der Waals surface area contributed by atoms with Crippen molar-refractivity contribution in [2.45, 2.75) is 63.8 Å². The van der Waals surface area contributed by atoms with E-state index >= 15 is 0 Å². The number of aliphatic hydroxyl groups excluding tert-OH is 1. The predicted molar refractivity (Wildman–Crippen MR) is 102 cm³/mol. The van der Waals surface area contributed by atoms with E-state index in [1.54, 1.807) is 0 Å². The zero-order chi connectivity index (χ0) is 20.6. The first-order valence-corrected chi connectivity index (χ1v) is 11.8. The van der Waals surface area contributed by atoms with Crippen LogP contribution in [0.4, 0.5) is 0 Å². The summed E-state index contributed by atoms with van der Waals surface area (Å²) < 4.78 is 13.2. The van der Waals surface area contributed by atoms with Gasteiger partial charge in [-0.15, -0.1) is 0 Å².